The van der Waals surface area contributed by atoms with E-state index in [1.54, 1.807) is 31.2 Å². The molecule has 4 heterocycles. The predicted octanol–water partition coefficient (Wildman–Crippen LogP) is 3.16. The first-order chi connectivity index (χ1) is 15.1. The number of nitrogens with zero attached hydrogens (tertiary/aromatic N) is 5. The smallest absolute Gasteiger partial charge is 0.289 e. The molecule has 9 heteroatoms. The van der Waals surface area contributed by atoms with Gasteiger partial charge in [0, 0.05) is 50.2 Å². The minimum atomic E-state index is -0.117. The van der Waals surface area contributed by atoms with Gasteiger partial charge in [-0.2, -0.15) is 4.98 Å². The third-order valence-electron chi connectivity index (χ3n) is 5.36. The summed E-state index contributed by atoms with van der Waals surface area (Å²) in [6.45, 7) is 4.29. The van der Waals surface area contributed by atoms with Gasteiger partial charge in [0.25, 0.3) is 5.91 Å². The minimum Gasteiger partial charge on any atom is -0.493 e. The molecule has 31 heavy (non-hydrogen) atoms. The summed E-state index contributed by atoms with van der Waals surface area (Å²) in [6.07, 6.45) is 1.74. The number of furan rings is 1. The fourth-order valence-electron chi connectivity index (χ4n) is 3.72. The van der Waals surface area contributed by atoms with Crippen LogP contribution in [0.2, 0.25) is 0 Å². The number of rotatable bonds is 4. The summed E-state index contributed by atoms with van der Waals surface area (Å²) >= 11 is 0. The zero-order chi connectivity index (χ0) is 21.4. The van der Waals surface area contributed by atoms with Gasteiger partial charge in [-0.05, 0) is 24.3 Å². The highest BCUT2D eigenvalue weighted by Crippen LogP contribution is 2.29. The highest BCUT2D eigenvalue weighted by molar-refractivity contribution is 5.97. The van der Waals surface area contributed by atoms with Crippen molar-refractivity contribution in [1.29, 1.82) is 0 Å². The zero-order valence-corrected chi connectivity index (χ0v) is 17.2. The highest BCUT2D eigenvalue weighted by Gasteiger charge is 2.25. The maximum absolute atomic E-state index is 13.0. The van der Waals surface area contributed by atoms with E-state index in [9.17, 15) is 4.79 Å². The highest BCUT2D eigenvalue weighted by atomic mass is 16.5. The van der Waals surface area contributed by atoms with Gasteiger partial charge in [0.05, 0.1) is 7.11 Å². The molecule has 158 valence electrons. The summed E-state index contributed by atoms with van der Waals surface area (Å²) in [5.74, 6) is 2.72. The molecule has 3 aromatic heterocycles. The average Bonchev–Trinajstić information content (AvgIpc) is 3.45. The maximum atomic E-state index is 13.0. The summed E-state index contributed by atoms with van der Waals surface area (Å²) in [7, 11) is 1.59. The largest absolute Gasteiger partial charge is 0.493 e. The Morgan fingerprint density at radius 2 is 1.97 bits per heavy atom. The van der Waals surface area contributed by atoms with Gasteiger partial charge in [-0.25, -0.2) is 4.98 Å². The molecule has 9 nitrogen and oxygen atoms in total. The van der Waals surface area contributed by atoms with Crippen molar-refractivity contribution in [2.75, 3.05) is 38.2 Å². The van der Waals surface area contributed by atoms with Crippen LogP contribution < -0.4 is 9.64 Å². The Labute approximate surface area is 178 Å². The number of ether oxygens (including phenoxy) is 1. The third kappa shape index (κ3) is 3.58. The van der Waals surface area contributed by atoms with Crippen molar-refractivity contribution in [2.45, 2.75) is 6.92 Å². The molecule has 1 saturated heterocycles. The molecule has 1 aromatic carbocycles. The van der Waals surface area contributed by atoms with E-state index in [1.807, 2.05) is 30.3 Å². The molecule has 0 radical (unpaired) electrons. The first kappa shape index (κ1) is 19.1. The number of pyridine rings is 1. The first-order valence-corrected chi connectivity index (χ1v) is 10.00. The molecule has 4 aromatic rings. The molecular weight excluding hydrogens is 398 g/mol. The number of amides is 1. The van der Waals surface area contributed by atoms with Crippen LogP contribution >= 0.6 is 0 Å². The molecule has 1 aliphatic rings. The van der Waals surface area contributed by atoms with Crippen LogP contribution in [0.3, 0.4) is 0 Å². The number of anilines is 1. The van der Waals surface area contributed by atoms with E-state index < -0.39 is 0 Å². The van der Waals surface area contributed by atoms with E-state index >= 15 is 0 Å². The second-order valence-corrected chi connectivity index (χ2v) is 7.31. The molecular formula is C22H21N5O4. The topological polar surface area (TPSA) is 97.7 Å². The number of carbonyl (C=O) groups is 1. The lowest BCUT2D eigenvalue weighted by Crippen LogP contribution is -2.49. The average molecular weight is 419 g/mol. The lowest BCUT2D eigenvalue weighted by atomic mass is 10.2. The standard InChI is InChI=1S/C22H21N5O4/c1-14-24-21(25-31-14)16-6-7-19(23-13-16)26-8-10-27(11-9-26)22(28)18-12-15-4-3-5-17(29-2)20(15)30-18/h3-7,12-13H,8-11H2,1-2H3. The molecule has 1 amide bonds. The zero-order valence-electron chi connectivity index (χ0n) is 17.2. The molecule has 0 N–H and O–H groups in total. The van der Waals surface area contributed by atoms with Gasteiger partial charge < -0.3 is 23.5 Å². The van der Waals surface area contributed by atoms with Gasteiger partial charge in [0.2, 0.25) is 11.7 Å². The molecule has 5 rings (SSSR count). The van der Waals surface area contributed by atoms with E-state index in [-0.39, 0.29) is 5.91 Å². The van der Waals surface area contributed by atoms with E-state index in [4.69, 9.17) is 13.7 Å². The van der Waals surface area contributed by atoms with E-state index in [2.05, 4.69) is 20.0 Å². The summed E-state index contributed by atoms with van der Waals surface area (Å²) in [5.41, 5.74) is 1.39. The van der Waals surface area contributed by atoms with Crippen LogP contribution in [0.4, 0.5) is 5.82 Å². The van der Waals surface area contributed by atoms with Gasteiger partial charge in [0.1, 0.15) is 5.82 Å². The molecule has 0 atom stereocenters. The number of para-hydroxylation sites is 1. The second-order valence-electron chi connectivity index (χ2n) is 7.31. The van der Waals surface area contributed by atoms with Crippen molar-refractivity contribution in [3.63, 3.8) is 0 Å². The molecule has 1 aliphatic heterocycles. The molecule has 0 unspecified atom stereocenters. The van der Waals surface area contributed by atoms with E-state index in [1.165, 1.54) is 0 Å². The summed E-state index contributed by atoms with van der Waals surface area (Å²) in [4.78, 5) is 25.7. The SMILES string of the molecule is COc1cccc2cc(C(=O)N3CCN(c4ccc(-c5noc(C)n5)cn4)CC3)oc12. The van der Waals surface area contributed by atoms with Crippen LogP contribution in [-0.2, 0) is 0 Å². The Kier molecular flexibility index (Phi) is 4.78. The fourth-order valence-corrected chi connectivity index (χ4v) is 3.72. The van der Waals surface area contributed by atoms with Crippen LogP contribution in [0.25, 0.3) is 22.4 Å². The van der Waals surface area contributed by atoms with Gasteiger partial charge in [0.15, 0.2) is 17.1 Å². The normalized spacial score (nSPS) is 14.3. The summed E-state index contributed by atoms with van der Waals surface area (Å²) in [6, 6.07) is 11.2. The Hall–Kier alpha value is -3.88. The molecule has 0 spiro atoms. The Bertz CT molecular complexity index is 1220. The molecule has 0 saturated carbocycles. The Morgan fingerprint density at radius 1 is 1.13 bits per heavy atom. The molecule has 0 aliphatic carbocycles. The molecule has 1 fully saturated rings. The van der Waals surface area contributed by atoms with Gasteiger partial charge in [-0.3, -0.25) is 4.79 Å². The van der Waals surface area contributed by atoms with E-state index in [0.717, 1.165) is 16.8 Å². The van der Waals surface area contributed by atoms with Crippen molar-refractivity contribution in [3.05, 3.63) is 54.2 Å². The first-order valence-electron chi connectivity index (χ1n) is 10.00. The van der Waals surface area contributed by atoms with Crippen LogP contribution in [0.15, 0.2) is 51.5 Å². The molecule has 0 bridgehead atoms. The summed E-state index contributed by atoms with van der Waals surface area (Å²) < 4.78 is 16.2. The number of aromatic nitrogens is 3. The maximum Gasteiger partial charge on any atom is 0.289 e. The number of aryl methyl sites for hydroxylation is 1. The summed E-state index contributed by atoms with van der Waals surface area (Å²) in [5, 5.41) is 4.76. The second kappa shape index (κ2) is 7.75. The van der Waals surface area contributed by atoms with Gasteiger partial charge in [-0.1, -0.05) is 17.3 Å². The number of fused-ring (bicyclic) bond motifs is 1. The van der Waals surface area contributed by atoms with Crippen molar-refractivity contribution < 1.29 is 18.5 Å². The third-order valence-corrected chi connectivity index (χ3v) is 5.36. The van der Waals surface area contributed by atoms with Crippen LogP contribution in [0.1, 0.15) is 16.4 Å². The number of benzene rings is 1. The van der Waals surface area contributed by atoms with Crippen molar-refractivity contribution in [3.8, 4) is 17.1 Å². The lowest BCUT2D eigenvalue weighted by Gasteiger charge is -2.35. The van der Waals surface area contributed by atoms with Crippen LogP contribution in [0, 0.1) is 6.92 Å². The number of piperazine rings is 1. The Balaban J connectivity index is 1.25. The lowest BCUT2D eigenvalue weighted by molar-refractivity contribution is 0.0716. The van der Waals surface area contributed by atoms with Gasteiger partial charge in [-0.15, -0.1) is 0 Å². The number of methoxy groups -OCH3 is 1. The number of hydrogen-bond acceptors (Lipinski definition) is 8. The van der Waals surface area contributed by atoms with Crippen LogP contribution in [0.5, 0.6) is 5.75 Å². The van der Waals surface area contributed by atoms with Crippen molar-refractivity contribution >= 4 is 22.7 Å². The predicted molar refractivity (Wildman–Crippen MR) is 113 cm³/mol. The Morgan fingerprint density at radius 3 is 2.65 bits per heavy atom. The number of carbonyl (C=O) groups excluding carboxylic acids is 1. The quantitative estimate of drug-likeness (QED) is 0.498. The number of hydrogen-bond donors (Lipinski definition) is 0. The van der Waals surface area contributed by atoms with Crippen molar-refractivity contribution in [1.82, 2.24) is 20.0 Å². The minimum absolute atomic E-state index is 0.117. The van der Waals surface area contributed by atoms with Crippen molar-refractivity contribution in [2.24, 2.45) is 0 Å². The monoisotopic (exact) mass is 419 g/mol. The van der Waals surface area contributed by atoms with E-state index in [0.29, 0.717) is 55.0 Å². The van der Waals surface area contributed by atoms with Crippen LogP contribution in [-0.4, -0.2) is 59.2 Å². The fraction of sp³-hybridized carbons (Fsp3) is 0.273. The van der Waals surface area contributed by atoms with Gasteiger partial charge >= 0.3 is 0 Å².